The zero-order valence-corrected chi connectivity index (χ0v) is 25.4. The van der Waals surface area contributed by atoms with Gasteiger partial charge in [-0.3, -0.25) is 14.5 Å². The predicted molar refractivity (Wildman–Crippen MR) is 156 cm³/mol. The first-order valence-electron chi connectivity index (χ1n) is 14.2. The van der Waals surface area contributed by atoms with Crippen LogP contribution in [-0.4, -0.2) is 68.5 Å². The van der Waals surface area contributed by atoms with E-state index in [0.717, 1.165) is 6.20 Å². The first-order chi connectivity index (χ1) is 22.0. The van der Waals surface area contributed by atoms with E-state index >= 15 is 0 Å². The van der Waals surface area contributed by atoms with Gasteiger partial charge < -0.3 is 0 Å². The maximum Gasteiger partial charge on any atom is 0.416 e. The Bertz CT molecular complexity index is 1980. The smallest absolute Gasteiger partial charge is 0.291 e. The second-order valence-corrected chi connectivity index (χ2v) is 13.7. The van der Waals surface area contributed by atoms with Crippen LogP contribution in [0.5, 0.6) is 0 Å². The number of nitrogens with zero attached hydrogens (tertiary/aromatic N) is 7. The van der Waals surface area contributed by atoms with Crippen LogP contribution in [0.2, 0.25) is 0 Å². The third-order valence-electron chi connectivity index (χ3n) is 8.45. The number of carbonyl (C=O) groups is 1. The maximum absolute atomic E-state index is 14.4. The molecule has 1 unspecified atom stereocenters. The Balaban J connectivity index is 1.48. The van der Waals surface area contributed by atoms with Gasteiger partial charge >= 0.3 is 12.4 Å². The molecule has 47 heavy (non-hydrogen) atoms. The second-order valence-electron chi connectivity index (χ2n) is 11.6. The van der Waals surface area contributed by atoms with Gasteiger partial charge in [0, 0.05) is 19.3 Å². The molecular formula is C30H26F7N7O2S. The van der Waals surface area contributed by atoms with E-state index in [1.54, 1.807) is 6.08 Å². The molecule has 0 saturated heterocycles. The Morgan fingerprint density at radius 1 is 1.13 bits per heavy atom. The molecule has 0 spiro atoms. The standard InChI is InChI=1S/C30H26F7N7O2S/c1-42-17-39-27(41-42)47(2,46)43(16-29(32,33)34)23-6-3-19-12-25-18(15-40-44(25)22-7-4-21(31)5-8-22)13-28(19,14-23)26(45)24-11-20(9-10-38-24)30(35,36)37/h4-5,7-12,15,17,23H,2-3,6,13-14,16H2,1H3/t23-,28-,47?/m0/s1. The molecule has 3 atom stereocenters. The van der Waals surface area contributed by atoms with Crippen LogP contribution in [0.1, 0.15) is 46.6 Å². The van der Waals surface area contributed by atoms with Gasteiger partial charge in [-0.1, -0.05) is 5.57 Å². The number of alkyl halides is 6. The minimum atomic E-state index is -4.85. The fourth-order valence-corrected chi connectivity index (χ4v) is 8.01. The fourth-order valence-electron chi connectivity index (χ4n) is 6.32. The van der Waals surface area contributed by atoms with Crippen LogP contribution in [0.15, 0.2) is 65.8 Å². The van der Waals surface area contributed by atoms with E-state index in [9.17, 15) is 39.7 Å². The van der Waals surface area contributed by atoms with E-state index in [0.29, 0.717) is 39.0 Å². The van der Waals surface area contributed by atoms with Crippen molar-refractivity contribution in [2.24, 2.45) is 12.5 Å². The minimum Gasteiger partial charge on any atom is -0.291 e. The number of pyridine rings is 1. The molecule has 4 aromatic rings. The normalized spacial score (nSPS) is 21.1. The zero-order chi connectivity index (χ0) is 33.9. The molecule has 0 N–H and O–H groups in total. The van der Waals surface area contributed by atoms with Crippen molar-refractivity contribution in [1.82, 2.24) is 33.8 Å². The van der Waals surface area contributed by atoms with Crippen molar-refractivity contribution >= 4 is 27.4 Å². The van der Waals surface area contributed by atoms with Gasteiger partial charge in [-0.2, -0.15) is 31.4 Å². The molecule has 9 nitrogen and oxygen atoms in total. The SMILES string of the molecule is C=S(=O)(c1ncn(C)n1)N(CC(F)(F)F)[C@H]1CCC2=Cc3c(cnn3-c3ccc(F)cc3)C[C@]2(C(=O)c2cc(C(F)(F)F)ccn2)C1. The van der Waals surface area contributed by atoms with Gasteiger partial charge in [0.1, 0.15) is 24.4 Å². The lowest BCUT2D eigenvalue weighted by atomic mass is 9.60. The third-order valence-corrected chi connectivity index (χ3v) is 10.4. The highest BCUT2D eigenvalue weighted by atomic mass is 32.2. The lowest BCUT2D eigenvalue weighted by Gasteiger charge is -2.47. The van der Waals surface area contributed by atoms with Gasteiger partial charge in [-0.25, -0.2) is 22.6 Å². The van der Waals surface area contributed by atoms with Gasteiger partial charge in [0.25, 0.3) is 0 Å². The number of allylic oxidation sites excluding steroid dienone is 1. The topological polar surface area (TPSA) is 98.8 Å². The van der Waals surface area contributed by atoms with Gasteiger partial charge in [0.05, 0.1) is 38.3 Å². The van der Waals surface area contributed by atoms with E-state index in [1.807, 2.05) is 0 Å². The van der Waals surface area contributed by atoms with Crippen molar-refractivity contribution in [1.29, 1.82) is 0 Å². The average molecular weight is 682 g/mol. The van der Waals surface area contributed by atoms with Crippen LogP contribution in [0, 0.1) is 11.2 Å². The number of ketones is 1. The number of hydrogen-bond acceptors (Lipinski definition) is 6. The fraction of sp³-hybridized carbons (Fsp3) is 0.333. The molecular weight excluding hydrogens is 655 g/mol. The monoisotopic (exact) mass is 681 g/mol. The van der Waals surface area contributed by atoms with Gasteiger partial charge in [0.2, 0.25) is 5.16 Å². The van der Waals surface area contributed by atoms with E-state index in [4.69, 9.17) is 0 Å². The first kappa shape index (κ1) is 32.6. The molecule has 0 amide bonds. The summed E-state index contributed by atoms with van der Waals surface area (Å²) in [5.41, 5.74) is -1.39. The molecule has 1 aromatic carbocycles. The molecule has 0 radical (unpaired) electrons. The highest BCUT2D eigenvalue weighted by Crippen LogP contribution is 2.52. The lowest BCUT2D eigenvalue weighted by Crippen LogP contribution is -2.52. The average Bonchev–Trinajstić information content (AvgIpc) is 3.64. The molecule has 0 bridgehead atoms. The number of fused-ring (bicyclic) bond motifs is 2. The van der Waals surface area contributed by atoms with Crippen LogP contribution in [0.3, 0.4) is 0 Å². The van der Waals surface area contributed by atoms with E-state index in [2.05, 4.69) is 26.0 Å². The number of aromatic nitrogens is 6. The Kier molecular flexibility index (Phi) is 7.90. The number of halogens is 7. The maximum atomic E-state index is 14.4. The molecule has 248 valence electrons. The van der Waals surface area contributed by atoms with Crippen molar-refractivity contribution in [3.05, 3.63) is 89.0 Å². The molecule has 17 heteroatoms. The van der Waals surface area contributed by atoms with Crippen molar-refractivity contribution in [3.8, 4) is 5.69 Å². The summed E-state index contributed by atoms with van der Waals surface area (Å²) in [5, 5.41) is 7.89. The van der Waals surface area contributed by atoms with Crippen molar-refractivity contribution in [3.63, 3.8) is 0 Å². The van der Waals surface area contributed by atoms with Gasteiger partial charge in [-0.05, 0) is 79.6 Å². The minimum absolute atomic E-state index is 0.00761. The van der Waals surface area contributed by atoms with E-state index < -0.39 is 68.1 Å². The molecule has 1 fully saturated rings. The van der Waals surface area contributed by atoms with Crippen molar-refractivity contribution in [2.75, 3.05) is 6.54 Å². The molecule has 2 aliphatic rings. The van der Waals surface area contributed by atoms with E-state index in [-0.39, 0.29) is 25.7 Å². The largest absolute Gasteiger partial charge is 0.416 e. The van der Waals surface area contributed by atoms with Gasteiger partial charge in [0.15, 0.2) is 5.78 Å². The quantitative estimate of drug-likeness (QED) is 0.146. The summed E-state index contributed by atoms with van der Waals surface area (Å²) in [6.45, 7) is -1.67. The molecule has 2 aliphatic carbocycles. The van der Waals surface area contributed by atoms with Gasteiger partial charge in [-0.15, -0.1) is 5.10 Å². The summed E-state index contributed by atoms with van der Waals surface area (Å²) >= 11 is 0. The third kappa shape index (κ3) is 6.08. The van der Waals surface area contributed by atoms with Crippen LogP contribution < -0.4 is 0 Å². The second kappa shape index (κ2) is 11.4. The Hall–Kier alpha value is -4.38. The van der Waals surface area contributed by atoms with Crippen molar-refractivity contribution < 1.29 is 39.7 Å². The molecule has 0 aliphatic heterocycles. The molecule has 6 rings (SSSR count). The summed E-state index contributed by atoms with van der Waals surface area (Å²) in [4.78, 5) is 22.3. The Labute approximate surface area is 263 Å². The number of benzene rings is 1. The highest BCUT2D eigenvalue weighted by molar-refractivity contribution is 7.98. The van der Waals surface area contributed by atoms with Crippen LogP contribution >= 0.6 is 0 Å². The van der Waals surface area contributed by atoms with E-state index in [1.165, 1.54) is 53.2 Å². The molecule has 1 saturated carbocycles. The zero-order valence-electron chi connectivity index (χ0n) is 24.6. The number of aryl methyl sites for hydroxylation is 1. The summed E-state index contributed by atoms with van der Waals surface area (Å²) in [6.07, 6.45) is -5.03. The number of carbonyl (C=O) groups excluding carboxylic acids is 1. The van der Waals surface area contributed by atoms with Crippen LogP contribution in [0.4, 0.5) is 30.7 Å². The Morgan fingerprint density at radius 3 is 2.49 bits per heavy atom. The molecule has 3 heterocycles. The van der Waals surface area contributed by atoms with Crippen LogP contribution in [-0.2, 0) is 29.4 Å². The van der Waals surface area contributed by atoms with Crippen LogP contribution in [0.25, 0.3) is 11.8 Å². The predicted octanol–water partition coefficient (Wildman–Crippen LogP) is 5.47. The first-order valence-corrected chi connectivity index (χ1v) is 15.8. The summed E-state index contributed by atoms with van der Waals surface area (Å²) < 4.78 is 114. The number of hydrogen-bond donors (Lipinski definition) is 0. The Morgan fingerprint density at radius 2 is 1.85 bits per heavy atom. The summed E-state index contributed by atoms with van der Waals surface area (Å²) in [5.74, 6) is 2.29. The van der Waals surface area contributed by atoms with Crippen molar-refractivity contribution in [2.45, 2.75) is 49.2 Å². The lowest BCUT2D eigenvalue weighted by molar-refractivity contribution is -0.140. The summed E-state index contributed by atoms with van der Waals surface area (Å²) in [6, 6.07) is 5.59. The summed E-state index contributed by atoms with van der Waals surface area (Å²) in [7, 11) is -2.52. The molecule has 3 aromatic heterocycles. The number of rotatable bonds is 7. The highest BCUT2D eigenvalue weighted by Gasteiger charge is 2.53. The number of Topliss-reactive ketones (excluding diaryl/α,β-unsaturated/α-hetero) is 1.